The van der Waals surface area contributed by atoms with Gasteiger partial charge in [0, 0.05) is 6.92 Å². The monoisotopic (exact) mass is 214 g/mol. The number of hydrogen-bond acceptors (Lipinski definition) is 3. The highest BCUT2D eigenvalue weighted by Gasteiger charge is 2.31. The van der Waals surface area contributed by atoms with Crippen molar-refractivity contribution in [3.05, 3.63) is 29.1 Å². The highest BCUT2D eigenvalue weighted by Crippen LogP contribution is 2.29. The Kier molecular flexibility index (Phi) is 2.75. The molecule has 0 amide bonds. The fourth-order valence-electron chi connectivity index (χ4n) is 0.932. The molecule has 0 bridgehead atoms. The fourth-order valence-corrected chi connectivity index (χ4v) is 0.932. The maximum absolute atomic E-state index is 12.3. The van der Waals surface area contributed by atoms with E-state index in [2.05, 4.69) is 4.98 Å². The van der Waals surface area contributed by atoms with Gasteiger partial charge in [0.1, 0.15) is 17.5 Å². The maximum Gasteiger partial charge on any atom is 0.416 e. The number of Topliss-reactive ketones (excluding diaryl/α,β-unsaturated/α-hetero) is 1. The van der Waals surface area contributed by atoms with Crippen molar-refractivity contribution in [2.75, 3.05) is 0 Å². The molecule has 0 fully saturated rings. The van der Waals surface area contributed by atoms with Gasteiger partial charge in [-0.1, -0.05) is 0 Å². The molecule has 0 aromatic carbocycles. The first-order valence-electron chi connectivity index (χ1n) is 3.85. The zero-order valence-corrected chi connectivity index (χ0v) is 7.59. The number of aromatic nitrogens is 1. The van der Waals surface area contributed by atoms with Crippen LogP contribution < -0.4 is 0 Å². The molecule has 0 unspecified atom stereocenters. The summed E-state index contributed by atoms with van der Waals surface area (Å²) in [6.45, 7) is 1.09. The molecule has 0 aliphatic rings. The van der Waals surface area contributed by atoms with Crippen LogP contribution in [0.2, 0.25) is 0 Å². The molecule has 15 heavy (non-hydrogen) atoms. The van der Waals surface area contributed by atoms with E-state index in [9.17, 15) is 18.0 Å². The average Bonchev–Trinajstić information content (AvgIpc) is 2.15. The first kappa shape index (κ1) is 11.2. The predicted octanol–water partition coefficient (Wildman–Crippen LogP) is 2.17. The van der Waals surface area contributed by atoms with Gasteiger partial charge >= 0.3 is 6.18 Å². The molecule has 6 heteroatoms. The summed E-state index contributed by atoms with van der Waals surface area (Å²) < 4.78 is 36.9. The lowest BCUT2D eigenvalue weighted by molar-refractivity contribution is -0.137. The Bertz CT molecular complexity index is 446. The van der Waals surface area contributed by atoms with Gasteiger partial charge in [0.25, 0.3) is 0 Å². The SMILES string of the molecule is CC(=O)c1cc(C(F)(F)F)cc(C#N)n1. The molecule has 1 rings (SSSR count). The van der Waals surface area contributed by atoms with Crippen LogP contribution in [0.3, 0.4) is 0 Å². The second kappa shape index (κ2) is 3.69. The number of rotatable bonds is 1. The molecule has 0 saturated heterocycles. The van der Waals surface area contributed by atoms with Crippen LogP contribution in [0.25, 0.3) is 0 Å². The van der Waals surface area contributed by atoms with E-state index >= 15 is 0 Å². The van der Waals surface area contributed by atoms with Crippen LogP contribution in [0.4, 0.5) is 13.2 Å². The zero-order valence-electron chi connectivity index (χ0n) is 7.59. The summed E-state index contributed by atoms with van der Waals surface area (Å²) in [6, 6.07) is 2.70. The minimum atomic E-state index is -4.58. The molecule has 0 spiro atoms. The number of nitriles is 1. The largest absolute Gasteiger partial charge is 0.416 e. The molecule has 0 radical (unpaired) electrons. The smallest absolute Gasteiger partial charge is 0.293 e. The van der Waals surface area contributed by atoms with Gasteiger partial charge in [-0.05, 0) is 12.1 Å². The van der Waals surface area contributed by atoms with Gasteiger partial charge in [-0.2, -0.15) is 18.4 Å². The Hall–Kier alpha value is -1.90. The average molecular weight is 214 g/mol. The number of alkyl halides is 3. The molecule has 0 aliphatic carbocycles. The van der Waals surface area contributed by atoms with Crippen molar-refractivity contribution < 1.29 is 18.0 Å². The van der Waals surface area contributed by atoms with E-state index in [0.29, 0.717) is 12.1 Å². The number of ketones is 1. The van der Waals surface area contributed by atoms with E-state index in [1.165, 1.54) is 6.07 Å². The molecule has 1 heterocycles. The number of halogens is 3. The normalized spacial score (nSPS) is 10.9. The zero-order chi connectivity index (χ0) is 11.6. The summed E-state index contributed by atoms with van der Waals surface area (Å²) in [5.74, 6) is -0.613. The molecule has 0 aliphatic heterocycles. The van der Waals surface area contributed by atoms with Crippen molar-refractivity contribution in [2.24, 2.45) is 0 Å². The number of pyridine rings is 1. The van der Waals surface area contributed by atoms with E-state index in [1.807, 2.05) is 0 Å². The Morgan fingerprint density at radius 1 is 1.47 bits per heavy atom. The molecular formula is C9H5F3N2O. The third-order valence-electron chi connectivity index (χ3n) is 1.63. The highest BCUT2D eigenvalue weighted by atomic mass is 19.4. The first-order chi connectivity index (χ1) is 6.84. The molecular weight excluding hydrogens is 209 g/mol. The van der Waals surface area contributed by atoms with Gasteiger partial charge in [-0.25, -0.2) is 4.98 Å². The Morgan fingerprint density at radius 3 is 2.47 bits per heavy atom. The van der Waals surface area contributed by atoms with Gasteiger partial charge in [0.15, 0.2) is 5.78 Å². The first-order valence-corrected chi connectivity index (χ1v) is 3.85. The third-order valence-corrected chi connectivity index (χ3v) is 1.63. The molecule has 1 aromatic heterocycles. The van der Waals surface area contributed by atoms with E-state index in [4.69, 9.17) is 5.26 Å². The van der Waals surface area contributed by atoms with Crippen molar-refractivity contribution in [3.8, 4) is 6.07 Å². The number of carbonyl (C=O) groups excluding carboxylic acids is 1. The molecule has 78 valence electrons. The summed E-state index contributed by atoms with van der Waals surface area (Å²) in [7, 11) is 0. The maximum atomic E-state index is 12.3. The lowest BCUT2D eigenvalue weighted by Crippen LogP contribution is -2.09. The molecule has 0 saturated carbocycles. The van der Waals surface area contributed by atoms with E-state index < -0.39 is 23.2 Å². The van der Waals surface area contributed by atoms with Gasteiger partial charge in [-0.15, -0.1) is 0 Å². The lowest BCUT2D eigenvalue weighted by atomic mass is 10.1. The van der Waals surface area contributed by atoms with Crippen LogP contribution in [0, 0.1) is 11.3 Å². The van der Waals surface area contributed by atoms with Gasteiger partial charge < -0.3 is 0 Å². The van der Waals surface area contributed by atoms with Crippen LogP contribution >= 0.6 is 0 Å². The molecule has 0 N–H and O–H groups in total. The summed E-state index contributed by atoms with van der Waals surface area (Å²) in [5, 5.41) is 8.44. The van der Waals surface area contributed by atoms with Crippen molar-refractivity contribution in [1.82, 2.24) is 4.98 Å². The summed E-state index contributed by atoms with van der Waals surface area (Å²) >= 11 is 0. The van der Waals surface area contributed by atoms with Crippen LogP contribution in [-0.4, -0.2) is 10.8 Å². The number of hydrogen-bond donors (Lipinski definition) is 0. The van der Waals surface area contributed by atoms with Crippen LogP contribution in [0.5, 0.6) is 0 Å². The third kappa shape index (κ3) is 2.53. The van der Waals surface area contributed by atoms with Crippen molar-refractivity contribution in [1.29, 1.82) is 5.26 Å². The molecule has 1 aromatic rings. The number of carbonyl (C=O) groups is 1. The lowest BCUT2D eigenvalue weighted by Gasteiger charge is -2.07. The van der Waals surface area contributed by atoms with Crippen molar-refractivity contribution >= 4 is 5.78 Å². The highest BCUT2D eigenvalue weighted by molar-refractivity contribution is 5.92. The van der Waals surface area contributed by atoms with Crippen LogP contribution in [0.15, 0.2) is 12.1 Å². The standard InChI is InChI=1S/C9H5F3N2O/c1-5(15)8-3-6(9(10,11)12)2-7(4-13)14-8/h2-3H,1H3. The predicted molar refractivity (Wildman–Crippen MR) is 44.0 cm³/mol. The van der Waals surface area contributed by atoms with E-state index in [-0.39, 0.29) is 5.69 Å². The topological polar surface area (TPSA) is 53.8 Å². The Labute approximate surface area is 83.2 Å². The minimum Gasteiger partial charge on any atom is -0.293 e. The van der Waals surface area contributed by atoms with Gasteiger partial charge in [0.05, 0.1) is 5.56 Å². The van der Waals surface area contributed by atoms with Gasteiger partial charge in [-0.3, -0.25) is 4.79 Å². The Balaban J connectivity index is 3.38. The summed E-state index contributed by atoms with van der Waals surface area (Å²) in [5.41, 5.74) is -1.82. The minimum absolute atomic E-state index is 0.360. The molecule has 3 nitrogen and oxygen atoms in total. The van der Waals surface area contributed by atoms with E-state index in [0.717, 1.165) is 6.92 Å². The Morgan fingerprint density at radius 2 is 2.07 bits per heavy atom. The van der Waals surface area contributed by atoms with E-state index in [1.54, 1.807) is 0 Å². The summed E-state index contributed by atoms with van der Waals surface area (Å²) in [6.07, 6.45) is -4.58. The van der Waals surface area contributed by atoms with Crippen LogP contribution in [0.1, 0.15) is 28.7 Å². The van der Waals surface area contributed by atoms with Gasteiger partial charge in [0.2, 0.25) is 0 Å². The second-order valence-electron chi connectivity index (χ2n) is 2.79. The number of nitrogens with zero attached hydrogens (tertiary/aromatic N) is 2. The fraction of sp³-hybridized carbons (Fsp3) is 0.222. The van der Waals surface area contributed by atoms with Crippen molar-refractivity contribution in [3.63, 3.8) is 0 Å². The second-order valence-corrected chi connectivity index (χ2v) is 2.79. The van der Waals surface area contributed by atoms with Crippen molar-refractivity contribution in [2.45, 2.75) is 13.1 Å². The summed E-state index contributed by atoms with van der Waals surface area (Å²) in [4.78, 5) is 14.3. The van der Waals surface area contributed by atoms with Crippen LogP contribution in [-0.2, 0) is 6.18 Å². The quantitative estimate of drug-likeness (QED) is 0.673. The molecule has 0 atom stereocenters.